The van der Waals surface area contributed by atoms with Crippen molar-refractivity contribution in [3.05, 3.63) is 36.7 Å². The lowest BCUT2D eigenvalue weighted by atomic mass is 10.2. The van der Waals surface area contributed by atoms with Crippen molar-refractivity contribution in [1.29, 1.82) is 0 Å². The van der Waals surface area contributed by atoms with Gasteiger partial charge in [-0.25, -0.2) is 9.97 Å². The number of aromatic nitrogens is 3. The summed E-state index contributed by atoms with van der Waals surface area (Å²) in [7, 11) is 0. The molecule has 1 unspecified atom stereocenters. The van der Waals surface area contributed by atoms with Gasteiger partial charge in [-0.05, 0) is 18.2 Å². The van der Waals surface area contributed by atoms with Crippen LogP contribution in [0.1, 0.15) is 6.42 Å². The summed E-state index contributed by atoms with van der Waals surface area (Å²) in [5, 5.41) is 9.49. The lowest BCUT2D eigenvalue weighted by Gasteiger charge is -2.13. The number of β-amino-alcohol motifs (C(OH)–C–C–N with tert-alkyl or cyclic N) is 1. The topological polar surface area (TPSA) is 79.2 Å². The predicted molar refractivity (Wildman–Crippen MR) is 68.2 cm³/mol. The number of nitrogens with zero attached hydrogens (tertiary/aromatic N) is 4. The van der Waals surface area contributed by atoms with E-state index in [1.165, 1.54) is 4.90 Å². The minimum absolute atomic E-state index is 0.122. The summed E-state index contributed by atoms with van der Waals surface area (Å²) in [6.07, 6.45) is 2.75. The summed E-state index contributed by atoms with van der Waals surface area (Å²) >= 11 is 0. The van der Waals surface area contributed by atoms with E-state index in [0.29, 0.717) is 11.6 Å². The molecule has 0 bridgehead atoms. The van der Waals surface area contributed by atoms with E-state index in [1.54, 1.807) is 18.5 Å². The maximum absolute atomic E-state index is 11.7. The minimum Gasteiger partial charge on any atom is -0.391 e. The normalized spacial score (nSPS) is 18.9. The van der Waals surface area contributed by atoms with Crippen LogP contribution in [0.4, 0.5) is 5.95 Å². The van der Waals surface area contributed by atoms with E-state index in [2.05, 4.69) is 15.0 Å². The summed E-state index contributed by atoms with van der Waals surface area (Å²) in [5.74, 6) is 0.148. The molecule has 1 N–H and O–H groups in total. The van der Waals surface area contributed by atoms with Crippen LogP contribution in [-0.2, 0) is 4.79 Å². The number of carbonyl (C=O) groups excluding carboxylic acids is 1. The number of carbonyl (C=O) groups is 1. The Morgan fingerprint density at radius 3 is 2.74 bits per heavy atom. The molecule has 6 heteroatoms. The van der Waals surface area contributed by atoms with Crippen LogP contribution in [0.3, 0.4) is 0 Å². The largest absolute Gasteiger partial charge is 0.391 e. The third-order valence-corrected chi connectivity index (χ3v) is 2.92. The lowest BCUT2D eigenvalue weighted by molar-refractivity contribution is -0.117. The highest BCUT2D eigenvalue weighted by atomic mass is 16.3. The van der Waals surface area contributed by atoms with Gasteiger partial charge in [0.05, 0.1) is 30.5 Å². The second-order valence-electron chi connectivity index (χ2n) is 4.32. The van der Waals surface area contributed by atoms with Gasteiger partial charge in [0, 0.05) is 12.4 Å². The van der Waals surface area contributed by atoms with Gasteiger partial charge in [-0.1, -0.05) is 6.07 Å². The molecule has 96 valence electrons. The average molecular weight is 256 g/mol. The third-order valence-electron chi connectivity index (χ3n) is 2.92. The van der Waals surface area contributed by atoms with Crippen LogP contribution in [0.25, 0.3) is 11.4 Å². The molecule has 2 aromatic heterocycles. The molecule has 0 radical (unpaired) electrons. The van der Waals surface area contributed by atoms with Crippen molar-refractivity contribution < 1.29 is 9.90 Å². The van der Waals surface area contributed by atoms with Crippen molar-refractivity contribution >= 4 is 11.9 Å². The van der Waals surface area contributed by atoms with E-state index < -0.39 is 6.10 Å². The quantitative estimate of drug-likeness (QED) is 0.852. The smallest absolute Gasteiger partial charge is 0.232 e. The van der Waals surface area contributed by atoms with Crippen molar-refractivity contribution in [3.63, 3.8) is 0 Å². The molecule has 1 aliphatic rings. The summed E-state index contributed by atoms with van der Waals surface area (Å²) in [4.78, 5) is 25.7. The molecule has 1 fully saturated rings. The maximum atomic E-state index is 11.7. The molecule has 1 aliphatic heterocycles. The van der Waals surface area contributed by atoms with Gasteiger partial charge in [0.1, 0.15) is 0 Å². The number of anilines is 1. The molecule has 1 saturated heterocycles. The van der Waals surface area contributed by atoms with Crippen LogP contribution in [-0.4, -0.2) is 38.6 Å². The number of aliphatic hydroxyl groups excluding tert-OH is 1. The van der Waals surface area contributed by atoms with Gasteiger partial charge in [-0.15, -0.1) is 0 Å². The molecule has 6 nitrogen and oxygen atoms in total. The van der Waals surface area contributed by atoms with Crippen molar-refractivity contribution in [2.75, 3.05) is 11.4 Å². The fourth-order valence-electron chi connectivity index (χ4n) is 2.02. The van der Waals surface area contributed by atoms with E-state index >= 15 is 0 Å². The number of hydrogen-bond donors (Lipinski definition) is 1. The number of amides is 1. The fourth-order valence-corrected chi connectivity index (χ4v) is 2.02. The van der Waals surface area contributed by atoms with Crippen LogP contribution < -0.4 is 4.90 Å². The average Bonchev–Trinajstić information content (AvgIpc) is 2.79. The Labute approximate surface area is 109 Å². The molecule has 2 aromatic rings. The van der Waals surface area contributed by atoms with Crippen molar-refractivity contribution in [3.8, 4) is 11.4 Å². The summed E-state index contributed by atoms with van der Waals surface area (Å²) in [5.41, 5.74) is 1.37. The Hall–Kier alpha value is -2.34. The molecule has 3 heterocycles. The first-order chi connectivity index (χ1) is 9.24. The zero-order valence-corrected chi connectivity index (χ0v) is 10.1. The minimum atomic E-state index is -0.644. The van der Waals surface area contributed by atoms with E-state index in [4.69, 9.17) is 0 Å². The van der Waals surface area contributed by atoms with Crippen LogP contribution in [0.2, 0.25) is 0 Å². The van der Waals surface area contributed by atoms with Gasteiger partial charge in [0.15, 0.2) is 0 Å². The van der Waals surface area contributed by atoms with Crippen LogP contribution >= 0.6 is 0 Å². The van der Waals surface area contributed by atoms with Crippen molar-refractivity contribution in [1.82, 2.24) is 15.0 Å². The first-order valence-corrected chi connectivity index (χ1v) is 5.97. The zero-order valence-electron chi connectivity index (χ0n) is 10.1. The van der Waals surface area contributed by atoms with Gasteiger partial charge < -0.3 is 5.11 Å². The summed E-state index contributed by atoms with van der Waals surface area (Å²) in [6.45, 7) is 0.241. The zero-order chi connectivity index (χ0) is 13.2. The standard InChI is InChI=1S/C13H12N4O2/c18-9-7-12(19)17(8-9)13-15-6-4-11(16-13)10-3-1-2-5-14-10/h1-6,9,18H,7-8H2. The molecule has 0 saturated carbocycles. The van der Waals surface area contributed by atoms with Crippen LogP contribution in [0, 0.1) is 0 Å². The highest BCUT2D eigenvalue weighted by molar-refractivity contribution is 5.94. The summed E-state index contributed by atoms with van der Waals surface area (Å²) < 4.78 is 0. The second kappa shape index (κ2) is 4.74. The highest BCUT2D eigenvalue weighted by Crippen LogP contribution is 2.20. The Morgan fingerprint density at radius 1 is 1.16 bits per heavy atom. The van der Waals surface area contributed by atoms with E-state index in [0.717, 1.165) is 5.69 Å². The van der Waals surface area contributed by atoms with Gasteiger partial charge in [-0.2, -0.15) is 0 Å². The maximum Gasteiger partial charge on any atom is 0.232 e. The Kier molecular flexibility index (Phi) is 2.92. The first kappa shape index (κ1) is 11.7. The van der Waals surface area contributed by atoms with Gasteiger partial charge >= 0.3 is 0 Å². The van der Waals surface area contributed by atoms with E-state index in [9.17, 15) is 9.90 Å². The predicted octanol–water partition coefficient (Wildman–Crippen LogP) is 0.636. The Morgan fingerprint density at radius 2 is 2.05 bits per heavy atom. The number of aliphatic hydroxyl groups is 1. The van der Waals surface area contributed by atoms with Crippen LogP contribution in [0.5, 0.6) is 0 Å². The number of rotatable bonds is 2. The Bertz CT molecular complexity index is 603. The monoisotopic (exact) mass is 256 g/mol. The highest BCUT2D eigenvalue weighted by Gasteiger charge is 2.30. The SMILES string of the molecule is O=C1CC(O)CN1c1nccc(-c2ccccn2)n1. The molecule has 19 heavy (non-hydrogen) atoms. The number of hydrogen-bond acceptors (Lipinski definition) is 5. The first-order valence-electron chi connectivity index (χ1n) is 5.97. The van der Waals surface area contributed by atoms with E-state index in [1.807, 2.05) is 18.2 Å². The molecular weight excluding hydrogens is 244 g/mol. The van der Waals surface area contributed by atoms with Gasteiger partial charge in [0.25, 0.3) is 0 Å². The number of pyridine rings is 1. The lowest BCUT2D eigenvalue weighted by Crippen LogP contribution is -2.27. The fraction of sp³-hybridized carbons (Fsp3) is 0.231. The molecule has 0 spiro atoms. The van der Waals surface area contributed by atoms with Gasteiger partial charge in [0.2, 0.25) is 11.9 Å². The second-order valence-corrected chi connectivity index (χ2v) is 4.32. The summed E-state index contributed by atoms with van der Waals surface area (Å²) in [6, 6.07) is 7.27. The van der Waals surface area contributed by atoms with E-state index in [-0.39, 0.29) is 18.9 Å². The van der Waals surface area contributed by atoms with Gasteiger partial charge in [-0.3, -0.25) is 14.7 Å². The van der Waals surface area contributed by atoms with Crippen LogP contribution in [0.15, 0.2) is 36.7 Å². The Balaban J connectivity index is 1.95. The van der Waals surface area contributed by atoms with Crippen molar-refractivity contribution in [2.45, 2.75) is 12.5 Å². The molecule has 0 aromatic carbocycles. The molecular formula is C13H12N4O2. The molecule has 3 rings (SSSR count). The third kappa shape index (κ3) is 2.30. The van der Waals surface area contributed by atoms with Crippen molar-refractivity contribution in [2.24, 2.45) is 0 Å². The molecule has 0 aliphatic carbocycles. The molecule has 1 atom stereocenters. The molecule has 1 amide bonds.